The fourth-order valence-electron chi connectivity index (χ4n) is 2.32. The number of guanidine groups is 1. The lowest BCUT2D eigenvalue weighted by Gasteiger charge is -2.12. The minimum atomic E-state index is 0.483. The number of oxazole rings is 1. The first kappa shape index (κ1) is 19.8. The third-order valence-corrected chi connectivity index (χ3v) is 3.82. The first-order valence-electron chi connectivity index (χ1n) is 8.70. The van der Waals surface area contributed by atoms with Crippen molar-refractivity contribution in [1.29, 1.82) is 0 Å². The molecule has 2 aromatic rings. The molecule has 0 aliphatic heterocycles. The molecule has 0 fully saturated rings. The minimum Gasteiger partial charge on any atom is -0.493 e. The zero-order chi connectivity index (χ0) is 18.8. The molecule has 0 spiro atoms. The van der Waals surface area contributed by atoms with Gasteiger partial charge in [0.2, 0.25) is 5.89 Å². The van der Waals surface area contributed by atoms with Gasteiger partial charge in [0.1, 0.15) is 11.5 Å². The largest absolute Gasteiger partial charge is 0.493 e. The number of hydrogen-bond acceptors (Lipinski definition) is 5. The number of aromatic nitrogens is 1. The van der Waals surface area contributed by atoms with Gasteiger partial charge in [0.05, 0.1) is 18.8 Å². The maximum absolute atomic E-state index is 5.73. The van der Waals surface area contributed by atoms with E-state index in [4.69, 9.17) is 13.9 Å². The molecule has 142 valence electrons. The molecular weight excluding hydrogens is 332 g/mol. The lowest BCUT2D eigenvalue weighted by Crippen LogP contribution is -2.36. The number of aryl methyl sites for hydroxylation is 2. The summed E-state index contributed by atoms with van der Waals surface area (Å²) in [5.74, 6) is 3.03. The molecule has 0 aliphatic rings. The van der Waals surface area contributed by atoms with Crippen molar-refractivity contribution < 1.29 is 13.9 Å². The monoisotopic (exact) mass is 360 g/mol. The van der Waals surface area contributed by atoms with Crippen molar-refractivity contribution in [2.75, 3.05) is 27.4 Å². The number of rotatable bonds is 9. The van der Waals surface area contributed by atoms with E-state index in [1.54, 1.807) is 14.2 Å². The molecule has 2 rings (SSSR count). The first-order valence-corrected chi connectivity index (χ1v) is 8.70. The molecule has 0 atom stereocenters. The molecule has 7 heteroatoms. The fourth-order valence-corrected chi connectivity index (χ4v) is 2.32. The molecule has 0 saturated carbocycles. The molecule has 0 saturated heterocycles. The number of benzene rings is 1. The Kier molecular flexibility index (Phi) is 7.95. The van der Waals surface area contributed by atoms with E-state index in [1.165, 1.54) is 0 Å². The van der Waals surface area contributed by atoms with Crippen LogP contribution in [-0.4, -0.2) is 38.3 Å². The Labute approximate surface area is 154 Å². The third kappa shape index (κ3) is 6.40. The van der Waals surface area contributed by atoms with E-state index in [0.717, 1.165) is 29.2 Å². The van der Waals surface area contributed by atoms with Gasteiger partial charge in [0.15, 0.2) is 5.96 Å². The lowest BCUT2D eigenvalue weighted by atomic mass is 10.2. The normalized spacial score (nSPS) is 11.5. The lowest BCUT2D eigenvalue weighted by molar-refractivity contribution is 0.172. The van der Waals surface area contributed by atoms with E-state index < -0.39 is 0 Å². The maximum Gasteiger partial charge on any atom is 0.214 e. The highest BCUT2D eigenvalue weighted by atomic mass is 16.5. The van der Waals surface area contributed by atoms with Gasteiger partial charge in [-0.3, -0.25) is 4.99 Å². The van der Waals surface area contributed by atoms with Crippen LogP contribution in [0.5, 0.6) is 5.75 Å². The molecule has 7 nitrogen and oxygen atoms in total. The van der Waals surface area contributed by atoms with Crippen molar-refractivity contribution >= 4 is 5.96 Å². The van der Waals surface area contributed by atoms with Crippen molar-refractivity contribution in [3.05, 3.63) is 47.2 Å². The highest BCUT2D eigenvalue weighted by molar-refractivity contribution is 5.79. The maximum atomic E-state index is 5.73. The van der Waals surface area contributed by atoms with Gasteiger partial charge in [-0.1, -0.05) is 12.1 Å². The van der Waals surface area contributed by atoms with Gasteiger partial charge >= 0.3 is 0 Å². The second-order valence-corrected chi connectivity index (χ2v) is 5.87. The van der Waals surface area contributed by atoms with E-state index in [1.807, 2.05) is 38.1 Å². The average Bonchev–Trinajstić information content (AvgIpc) is 2.97. The quantitative estimate of drug-likeness (QED) is 0.406. The number of nitrogens with one attached hydrogen (secondary N) is 2. The highest BCUT2D eigenvalue weighted by Gasteiger charge is 2.06. The van der Waals surface area contributed by atoms with E-state index in [-0.39, 0.29) is 0 Å². The van der Waals surface area contributed by atoms with E-state index >= 15 is 0 Å². The summed E-state index contributed by atoms with van der Waals surface area (Å²) in [5.41, 5.74) is 2.02. The molecule has 26 heavy (non-hydrogen) atoms. The second-order valence-electron chi connectivity index (χ2n) is 5.87. The zero-order valence-corrected chi connectivity index (χ0v) is 16.0. The molecular formula is C19H28N4O3. The van der Waals surface area contributed by atoms with Crippen LogP contribution >= 0.6 is 0 Å². The minimum absolute atomic E-state index is 0.483. The summed E-state index contributed by atoms with van der Waals surface area (Å²) in [5, 5.41) is 6.47. The van der Waals surface area contributed by atoms with Gasteiger partial charge in [-0.2, -0.15) is 0 Å². The molecule has 0 amide bonds. The molecule has 1 aromatic carbocycles. The topological polar surface area (TPSA) is 80.9 Å². The Morgan fingerprint density at radius 3 is 2.69 bits per heavy atom. The molecule has 0 bridgehead atoms. The number of ether oxygens (including phenoxy) is 2. The van der Waals surface area contributed by atoms with Crippen LogP contribution in [0.1, 0.15) is 29.3 Å². The van der Waals surface area contributed by atoms with Crippen molar-refractivity contribution in [2.45, 2.75) is 33.4 Å². The van der Waals surface area contributed by atoms with Crippen LogP contribution in [0.2, 0.25) is 0 Å². The summed E-state index contributed by atoms with van der Waals surface area (Å²) in [7, 11) is 3.42. The van der Waals surface area contributed by atoms with E-state index in [0.29, 0.717) is 38.2 Å². The zero-order valence-electron chi connectivity index (χ0n) is 16.0. The second kappa shape index (κ2) is 10.5. The predicted molar refractivity (Wildman–Crippen MR) is 101 cm³/mol. The highest BCUT2D eigenvalue weighted by Crippen LogP contribution is 2.13. The Hall–Kier alpha value is -2.54. The van der Waals surface area contributed by atoms with E-state index in [9.17, 15) is 0 Å². The van der Waals surface area contributed by atoms with Crippen LogP contribution in [-0.2, 0) is 17.8 Å². The molecule has 2 N–H and O–H groups in total. The molecule has 0 radical (unpaired) electrons. The van der Waals surface area contributed by atoms with Gasteiger partial charge in [-0.05, 0) is 31.5 Å². The smallest absolute Gasteiger partial charge is 0.214 e. The Morgan fingerprint density at radius 1 is 1.19 bits per heavy atom. The summed E-state index contributed by atoms with van der Waals surface area (Å²) >= 11 is 0. The summed E-state index contributed by atoms with van der Waals surface area (Å²) < 4.78 is 16.3. The molecule has 1 aromatic heterocycles. The van der Waals surface area contributed by atoms with Gasteiger partial charge in [0.25, 0.3) is 0 Å². The molecule has 0 unspecified atom stereocenters. The van der Waals surface area contributed by atoms with Crippen LogP contribution < -0.4 is 15.4 Å². The van der Waals surface area contributed by atoms with Gasteiger partial charge in [0, 0.05) is 33.7 Å². The van der Waals surface area contributed by atoms with Crippen molar-refractivity contribution in [3.63, 3.8) is 0 Å². The van der Waals surface area contributed by atoms with E-state index in [2.05, 4.69) is 20.6 Å². The molecule has 1 heterocycles. The van der Waals surface area contributed by atoms with Gasteiger partial charge < -0.3 is 24.5 Å². The first-order chi connectivity index (χ1) is 12.6. The SMILES string of the molecule is CN=C(NCc1cccc(OCCCOC)c1)NCc1nc(C)c(C)o1. The van der Waals surface area contributed by atoms with Crippen LogP contribution in [0.3, 0.4) is 0 Å². The Balaban J connectivity index is 1.80. The van der Waals surface area contributed by atoms with Crippen LogP contribution in [0.15, 0.2) is 33.7 Å². The van der Waals surface area contributed by atoms with Gasteiger partial charge in [-0.15, -0.1) is 0 Å². The van der Waals surface area contributed by atoms with Gasteiger partial charge in [-0.25, -0.2) is 4.98 Å². The summed E-state index contributed by atoms with van der Waals surface area (Å²) in [6.45, 7) is 6.30. The average molecular weight is 360 g/mol. The Morgan fingerprint density at radius 2 is 2.00 bits per heavy atom. The number of methoxy groups -OCH3 is 1. The summed E-state index contributed by atoms with van der Waals surface area (Å²) in [4.78, 5) is 8.57. The number of nitrogens with zero attached hydrogens (tertiary/aromatic N) is 2. The van der Waals surface area contributed by atoms with Crippen molar-refractivity contribution in [3.8, 4) is 5.75 Å². The number of hydrogen-bond donors (Lipinski definition) is 2. The summed E-state index contributed by atoms with van der Waals surface area (Å²) in [6, 6.07) is 8.00. The molecule has 0 aliphatic carbocycles. The standard InChI is InChI=1S/C19H28N4O3/c1-14-15(2)26-18(23-14)13-22-19(20-3)21-12-16-7-5-8-17(11-16)25-10-6-9-24-4/h5,7-8,11H,6,9-10,12-13H2,1-4H3,(H2,20,21,22). The van der Waals surface area contributed by atoms with Crippen molar-refractivity contribution in [2.24, 2.45) is 4.99 Å². The van der Waals surface area contributed by atoms with Crippen LogP contribution in [0, 0.1) is 13.8 Å². The van der Waals surface area contributed by atoms with Crippen LogP contribution in [0.25, 0.3) is 0 Å². The predicted octanol–water partition coefficient (Wildman–Crippen LogP) is 2.57. The fraction of sp³-hybridized carbons (Fsp3) is 0.474. The Bertz CT molecular complexity index is 693. The van der Waals surface area contributed by atoms with Crippen LogP contribution in [0.4, 0.5) is 0 Å². The summed E-state index contributed by atoms with van der Waals surface area (Å²) in [6.07, 6.45) is 0.870. The van der Waals surface area contributed by atoms with Crippen molar-refractivity contribution in [1.82, 2.24) is 15.6 Å². The third-order valence-electron chi connectivity index (χ3n) is 3.82. The number of aliphatic imine (C=N–C) groups is 1.